The van der Waals surface area contributed by atoms with Crippen LogP contribution in [-0.2, 0) is 19.0 Å². The van der Waals surface area contributed by atoms with Gasteiger partial charge >= 0.3 is 11.9 Å². The normalized spacial score (nSPS) is 10.7. The van der Waals surface area contributed by atoms with Gasteiger partial charge in [-0.25, -0.2) is 9.59 Å². The van der Waals surface area contributed by atoms with Gasteiger partial charge in [0.05, 0.1) is 8.42 Å². The molecule has 0 aromatic carbocycles. The average molecular weight is 251 g/mol. The Labute approximate surface area is 89.8 Å². The molecule has 0 aliphatic rings. The van der Waals surface area contributed by atoms with Gasteiger partial charge in [0.15, 0.2) is 0 Å². The van der Waals surface area contributed by atoms with Crippen molar-refractivity contribution >= 4 is 28.9 Å². The average Bonchev–Trinajstić information content (AvgIpc) is 2.16. The fraction of sp³-hybridized carbons (Fsp3) is 0. The number of hydrogen-bond donors (Lipinski definition) is 3. The Morgan fingerprint density at radius 2 is 1.67 bits per heavy atom. The molecule has 0 heterocycles. The molecule has 0 amide bonds. The van der Waals surface area contributed by atoms with E-state index in [9.17, 15) is 9.59 Å². The molecule has 0 spiro atoms. The van der Waals surface area contributed by atoms with Crippen LogP contribution in [0.3, 0.4) is 0 Å². The maximum absolute atomic E-state index is 10.7. The van der Waals surface area contributed by atoms with E-state index in [1.54, 1.807) is 0 Å². The highest BCUT2D eigenvalue weighted by Gasteiger charge is 2.05. The van der Waals surface area contributed by atoms with Crippen LogP contribution in [0.1, 0.15) is 0 Å². The van der Waals surface area contributed by atoms with Crippen LogP contribution in [0.25, 0.3) is 0 Å². The molecule has 84 valence electrons. The first kappa shape index (κ1) is 13.8. The van der Waals surface area contributed by atoms with Crippen molar-refractivity contribution in [3.8, 4) is 0 Å². The summed E-state index contributed by atoms with van der Waals surface area (Å²) in [5.74, 6) is -1.47. The second-order valence-corrected chi connectivity index (χ2v) is 4.38. The van der Waals surface area contributed by atoms with Gasteiger partial charge in [-0.1, -0.05) is 13.2 Å². The fourth-order valence-corrected chi connectivity index (χ4v) is 1.47. The monoisotopic (exact) mass is 251 g/mol. The number of nitrogens with one attached hydrogen (secondary N) is 1. The molecule has 0 bridgehead atoms. The molecular formula is C6H11N3O4P2. The Bertz CT molecular complexity index is 266. The van der Waals surface area contributed by atoms with Gasteiger partial charge < -0.3 is 20.8 Å². The highest BCUT2D eigenvalue weighted by Crippen LogP contribution is 2.34. The molecule has 2 unspecified atom stereocenters. The van der Waals surface area contributed by atoms with E-state index >= 15 is 0 Å². The van der Waals surface area contributed by atoms with Crippen LogP contribution < -0.4 is 16.7 Å². The first-order chi connectivity index (χ1) is 6.95. The third kappa shape index (κ3) is 6.85. The predicted octanol–water partition coefficient (Wildman–Crippen LogP) is -0.376. The molecule has 0 saturated heterocycles. The summed E-state index contributed by atoms with van der Waals surface area (Å²) < 4.78 is 4.61. The molecule has 2 atom stereocenters. The second-order valence-electron chi connectivity index (χ2n) is 2.16. The third-order valence-corrected chi connectivity index (χ3v) is 2.43. The van der Waals surface area contributed by atoms with Gasteiger partial charge in [-0.15, -0.1) is 5.25 Å². The van der Waals surface area contributed by atoms with Crippen molar-refractivity contribution in [2.45, 2.75) is 0 Å². The Morgan fingerprint density at radius 3 is 2.13 bits per heavy atom. The van der Waals surface area contributed by atoms with E-state index in [0.717, 1.165) is 0 Å². The lowest BCUT2D eigenvalue weighted by Crippen LogP contribution is -2.17. The van der Waals surface area contributed by atoms with Crippen molar-refractivity contribution in [3.63, 3.8) is 0 Å². The Morgan fingerprint density at radius 1 is 1.13 bits per heavy atom. The first-order valence-corrected chi connectivity index (χ1v) is 6.42. The van der Waals surface area contributed by atoms with Crippen LogP contribution in [0.5, 0.6) is 0 Å². The summed E-state index contributed by atoms with van der Waals surface area (Å²) in [6.45, 7) is 6.34. The SMILES string of the molecule is C=C(N)C(=O)ONPPOC(=O)C(=C)N. The Kier molecular flexibility index (Phi) is 6.62. The van der Waals surface area contributed by atoms with Crippen molar-refractivity contribution in [2.24, 2.45) is 11.5 Å². The summed E-state index contributed by atoms with van der Waals surface area (Å²) in [6.07, 6.45) is 0. The predicted molar refractivity (Wildman–Crippen MR) is 58.6 cm³/mol. The summed E-state index contributed by atoms with van der Waals surface area (Å²) in [4.78, 5) is 25.9. The number of nitrogens with two attached hydrogens (primary N) is 2. The van der Waals surface area contributed by atoms with E-state index in [1.165, 1.54) is 0 Å². The van der Waals surface area contributed by atoms with Gasteiger partial charge in [-0.3, -0.25) is 0 Å². The highest BCUT2D eigenvalue weighted by molar-refractivity contribution is 8.08. The fourth-order valence-electron chi connectivity index (χ4n) is 0.296. The molecule has 0 saturated carbocycles. The zero-order valence-electron chi connectivity index (χ0n) is 7.70. The molecule has 7 nitrogen and oxygen atoms in total. The lowest BCUT2D eigenvalue weighted by molar-refractivity contribution is -0.142. The Balaban J connectivity index is 3.48. The van der Waals surface area contributed by atoms with E-state index in [2.05, 4.69) is 27.8 Å². The zero-order chi connectivity index (χ0) is 11.8. The molecule has 0 radical (unpaired) electrons. The van der Waals surface area contributed by atoms with Crippen molar-refractivity contribution in [3.05, 3.63) is 24.6 Å². The molecule has 0 aliphatic carbocycles. The van der Waals surface area contributed by atoms with E-state index in [-0.39, 0.29) is 28.3 Å². The standard InChI is InChI=1S/C6H11N3O4P2/c1-3(7)5(10)12-9-14-15-13-6(11)4(2)8/h9,14-15H,1-2,7-8H2. The summed E-state index contributed by atoms with van der Waals surface area (Å²) in [7, 11) is -0.321. The second kappa shape index (κ2) is 7.17. The molecule has 0 aromatic rings. The van der Waals surface area contributed by atoms with E-state index in [1.807, 2.05) is 0 Å². The molecule has 0 aromatic heterocycles. The van der Waals surface area contributed by atoms with Crippen LogP contribution in [-0.4, -0.2) is 11.9 Å². The first-order valence-electron chi connectivity index (χ1n) is 3.51. The van der Waals surface area contributed by atoms with Crippen molar-refractivity contribution < 1.29 is 19.0 Å². The maximum atomic E-state index is 10.7. The van der Waals surface area contributed by atoms with Crippen LogP contribution in [0, 0.1) is 0 Å². The topological polar surface area (TPSA) is 117 Å². The zero-order valence-corrected chi connectivity index (χ0v) is 9.70. The summed E-state index contributed by atoms with van der Waals surface area (Å²) >= 11 is 0. The largest absolute Gasteiger partial charge is 0.438 e. The van der Waals surface area contributed by atoms with E-state index in [4.69, 9.17) is 11.5 Å². The van der Waals surface area contributed by atoms with Crippen LogP contribution in [0.2, 0.25) is 0 Å². The van der Waals surface area contributed by atoms with Crippen molar-refractivity contribution in [1.82, 2.24) is 5.25 Å². The van der Waals surface area contributed by atoms with Crippen LogP contribution >= 0.6 is 16.9 Å². The highest BCUT2D eigenvalue weighted by atomic mass is 32.0. The van der Waals surface area contributed by atoms with Crippen molar-refractivity contribution in [2.75, 3.05) is 0 Å². The summed E-state index contributed by atoms with van der Waals surface area (Å²) in [5.41, 5.74) is 9.66. The van der Waals surface area contributed by atoms with Gasteiger partial charge in [0, 0.05) is 0 Å². The quantitative estimate of drug-likeness (QED) is 0.255. The van der Waals surface area contributed by atoms with Gasteiger partial charge in [0.25, 0.3) is 0 Å². The molecule has 5 N–H and O–H groups in total. The van der Waals surface area contributed by atoms with Crippen LogP contribution in [0.4, 0.5) is 0 Å². The van der Waals surface area contributed by atoms with E-state index in [0.29, 0.717) is 0 Å². The lowest BCUT2D eigenvalue weighted by Gasteiger charge is -2.05. The molecule has 0 fully saturated rings. The number of hydrogen-bond acceptors (Lipinski definition) is 7. The van der Waals surface area contributed by atoms with Gasteiger partial charge in [-0.05, 0) is 0 Å². The number of rotatable bonds is 6. The van der Waals surface area contributed by atoms with Crippen LogP contribution in [0.15, 0.2) is 24.6 Å². The number of carbonyl (C=O) groups excluding carboxylic acids is 2. The van der Waals surface area contributed by atoms with Crippen molar-refractivity contribution in [1.29, 1.82) is 0 Å². The minimum absolute atomic E-state index is 0.0984. The molecular weight excluding hydrogens is 240 g/mol. The Hall–Kier alpha value is -1.16. The third-order valence-electron chi connectivity index (χ3n) is 0.914. The van der Waals surface area contributed by atoms with Gasteiger partial charge in [0.1, 0.15) is 19.9 Å². The lowest BCUT2D eigenvalue weighted by atomic mass is 10.5. The molecule has 15 heavy (non-hydrogen) atoms. The minimum Gasteiger partial charge on any atom is -0.438 e. The molecule has 0 aliphatic heterocycles. The molecule has 0 rings (SSSR count). The summed E-state index contributed by atoms with van der Waals surface area (Å²) in [5, 5.41) is 2.26. The smallest absolute Gasteiger partial charge is 0.372 e. The number of carbonyl (C=O) groups is 2. The molecule has 9 heteroatoms. The summed E-state index contributed by atoms with van der Waals surface area (Å²) in [6, 6.07) is 0. The van der Waals surface area contributed by atoms with Gasteiger partial charge in [0.2, 0.25) is 0 Å². The maximum Gasteiger partial charge on any atom is 0.372 e. The van der Waals surface area contributed by atoms with E-state index < -0.39 is 11.9 Å². The van der Waals surface area contributed by atoms with Gasteiger partial charge in [-0.2, -0.15) is 0 Å². The minimum atomic E-state index is -0.776.